The lowest BCUT2D eigenvalue weighted by molar-refractivity contribution is -0.141. The normalized spacial score (nSPS) is 30.4. The van der Waals surface area contributed by atoms with Crippen LogP contribution in [0.2, 0.25) is 0 Å². The van der Waals surface area contributed by atoms with Gasteiger partial charge in [0.2, 0.25) is 11.8 Å². The summed E-state index contributed by atoms with van der Waals surface area (Å²) in [5.74, 6) is -2.34. The highest BCUT2D eigenvalue weighted by molar-refractivity contribution is 6.23. The average molecular weight is 393 g/mol. The van der Waals surface area contributed by atoms with Gasteiger partial charge in [-0.2, -0.15) is 13.2 Å². The number of halogens is 3. The van der Waals surface area contributed by atoms with Crippen molar-refractivity contribution >= 4 is 29.7 Å². The second-order valence-electron chi connectivity index (χ2n) is 7.52. The van der Waals surface area contributed by atoms with Crippen LogP contribution in [0.1, 0.15) is 31.2 Å². The molecule has 2 bridgehead atoms. The lowest BCUT2D eigenvalue weighted by Gasteiger charge is -2.36. The molecule has 1 aliphatic heterocycles. The van der Waals surface area contributed by atoms with E-state index < -0.39 is 35.5 Å². The van der Waals surface area contributed by atoms with Crippen molar-refractivity contribution in [3.63, 3.8) is 0 Å². The van der Waals surface area contributed by atoms with Crippen LogP contribution in [-0.4, -0.2) is 35.0 Å². The van der Waals surface area contributed by atoms with Crippen molar-refractivity contribution in [2.75, 3.05) is 0 Å². The standard InChI is InChI=1S/C19H18F3N3O3/c20-19(21,22)13-3-1-2-4-14(13)23-9-12-16(26)24-18(28)25(17(12)27)15-8-10-5-6-11(15)7-10/h1-4,9-12,15H,5-8H2,(H,24,26,28)/t10-,11-,12+,15-/m0/s1. The topological polar surface area (TPSA) is 78.8 Å². The van der Waals surface area contributed by atoms with Gasteiger partial charge in [0.25, 0.3) is 0 Å². The van der Waals surface area contributed by atoms with Gasteiger partial charge in [0, 0.05) is 12.3 Å². The molecular formula is C19H18F3N3O3. The molecule has 0 aromatic heterocycles. The molecule has 1 aromatic carbocycles. The minimum Gasteiger partial charge on any atom is -0.277 e. The van der Waals surface area contributed by atoms with E-state index in [1.807, 2.05) is 0 Å². The van der Waals surface area contributed by atoms with Crippen LogP contribution in [0.4, 0.5) is 23.7 Å². The Bertz CT molecular complexity index is 867. The number of nitrogens with zero attached hydrogens (tertiary/aromatic N) is 2. The van der Waals surface area contributed by atoms with Crippen LogP contribution in [0.15, 0.2) is 29.3 Å². The zero-order chi connectivity index (χ0) is 20.1. The van der Waals surface area contributed by atoms with Crippen molar-refractivity contribution in [1.82, 2.24) is 10.2 Å². The van der Waals surface area contributed by atoms with Gasteiger partial charge >= 0.3 is 12.2 Å². The predicted molar refractivity (Wildman–Crippen MR) is 92.7 cm³/mol. The van der Waals surface area contributed by atoms with Gasteiger partial charge in [-0.05, 0) is 43.2 Å². The van der Waals surface area contributed by atoms with Crippen molar-refractivity contribution in [3.05, 3.63) is 29.8 Å². The van der Waals surface area contributed by atoms with Gasteiger partial charge in [0.05, 0.1) is 11.3 Å². The van der Waals surface area contributed by atoms with Crippen LogP contribution in [0.5, 0.6) is 0 Å². The van der Waals surface area contributed by atoms with Gasteiger partial charge in [0.15, 0.2) is 5.92 Å². The Morgan fingerprint density at radius 1 is 1.11 bits per heavy atom. The number of amides is 4. The average Bonchev–Trinajstić information content (AvgIpc) is 3.24. The molecule has 4 rings (SSSR count). The summed E-state index contributed by atoms with van der Waals surface area (Å²) in [4.78, 5) is 42.1. The Kier molecular flexibility index (Phi) is 4.47. The van der Waals surface area contributed by atoms with E-state index in [0.29, 0.717) is 12.3 Å². The third-order valence-electron chi connectivity index (χ3n) is 5.84. The SMILES string of the molecule is O=C1NC(=O)N([C@H]2C[C@H]3CC[C@H]2C3)C(=O)[C@@H]1C=Nc1ccccc1C(F)(F)F. The molecule has 3 aliphatic rings. The van der Waals surface area contributed by atoms with Crippen molar-refractivity contribution in [2.24, 2.45) is 22.7 Å². The van der Waals surface area contributed by atoms with Gasteiger partial charge < -0.3 is 0 Å². The number of aliphatic imine (C=N–C) groups is 1. The molecule has 0 radical (unpaired) electrons. The molecule has 2 aliphatic carbocycles. The lowest BCUT2D eigenvalue weighted by atomic mass is 9.92. The Morgan fingerprint density at radius 2 is 1.86 bits per heavy atom. The van der Waals surface area contributed by atoms with Crippen molar-refractivity contribution in [3.8, 4) is 0 Å². The molecule has 1 N–H and O–H groups in total. The first-order chi connectivity index (χ1) is 13.3. The van der Waals surface area contributed by atoms with Crippen LogP contribution >= 0.6 is 0 Å². The quantitative estimate of drug-likeness (QED) is 0.632. The Labute approximate surface area is 158 Å². The van der Waals surface area contributed by atoms with Gasteiger partial charge in [-0.3, -0.25) is 24.8 Å². The van der Waals surface area contributed by atoms with E-state index in [1.54, 1.807) is 0 Å². The van der Waals surface area contributed by atoms with Crippen LogP contribution in [-0.2, 0) is 15.8 Å². The second kappa shape index (κ2) is 6.72. The van der Waals surface area contributed by atoms with Gasteiger partial charge in [-0.25, -0.2) is 4.79 Å². The number of carbonyl (C=O) groups is 3. The molecular weight excluding hydrogens is 375 g/mol. The molecule has 0 unspecified atom stereocenters. The number of barbiturate groups is 1. The van der Waals surface area contributed by atoms with E-state index in [9.17, 15) is 27.6 Å². The summed E-state index contributed by atoms with van der Waals surface area (Å²) in [5, 5.41) is 2.14. The van der Waals surface area contributed by atoms with E-state index in [4.69, 9.17) is 0 Å². The van der Waals surface area contributed by atoms with Gasteiger partial charge in [-0.1, -0.05) is 18.6 Å². The maximum absolute atomic E-state index is 13.1. The minimum atomic E-state index is -4.61. The monoisotopic (exact) mass is 393 g/mol. The first kappa shape index (κ1) is 18.6. The molecule has 2 saturated carbocycles. The molecule has 9 heteroatoms. The third kappa shape index (κ3) is 3.18. The smallest absolute Gasteiger partial charge is 0.277 e. The van der Waals surface area contributed by atoms with Crippen LogP contribution < -0.4 is 5.32 Å². The molecule has 4 atom stereocenters. The molecule has 1 heterocycles. The predicted octanol–water partition coefficient (Wildman–Crippen LogP) is 3.29. The minimum absolute atomic E-state index is 0.219. The Hall–Kier alpha value is -2.71. The van der Waals surface area contributed by atoms with E-state index >= 15 is 0 Å². The molecule has 28 heavy (non-hydrogen) atoms. The number of para-hydroxylation sites is 1. The van der Waals surface area contributed by atoms with Gasteiger partial charge in [-0.15, -0.1) is 0 Å². The maximum atomic E-state index is 13.1. The number of benzene rings is 1. The first-order valence-electron chi connectivity index (χ1n) is 9.14. The van der Waals surface area contributed by atoms with E-state index in [1.165, 1.54) is 12.1 Å². The maximum Gasteiger partial charge on any atom is 0.418 e. The number of rotatable bonds is 3. The summed E-state index contributed by atoms with van der Waals surface area (Å²) in [6, 6.07) is 3.63. The van der Waals surface area contributed by atoms with Crippen LogP contribution in [0.3, 0.4) is 0 Å². The second-order valence-corrected chi connectivity index (χ2v) is 7.52. The zero-order valence-corrected chi connectivity index (χ0v) is 14.8. The number of alkyl halides is 3. The summed E-state index contributed by atoms with van der Waals surface area (Å²) < 4.78 is 39.3. The number of hydrogen-bond acceptors (Lipinski definition) is 4. The largest absolute Gasteiger partial charge is 0.418 e. The van der Waals surface area contributed by atoms with Crippen LogP contribution in [0.25, 0.3) is 0 Å². The fourth-order valence-electron chi connectivity index (χ4n) is 4.56. The molecule has 1 aromatic rings. The fourth-order valence-corrected chi connectivity index (χ4v) is 4.56. The molecule has 1 saturated heterocycles. The van der Waals surface area contributed by atoms with E-state index in [0.717, 1.165) is 42.5 Å². The number of hydrogen-bond donors (Lipinski definition) is 1. The summed E-state index contributed by atoms with van der Waals surface area (Å²) in [5.41, 5.74) is -1.35. The molecule has 4 amide bonds. The van der Waals surface area contributed by atoms with Crippen molar-refractivity contribution < 1.29 is 27.6 Å². The summed E-state index contributed by atoms with van der Waals surface area (Å²) in [6.07, 6.45) is -0.0557. The Morgan fingerprint density at radius 3 is 2.50 bits per heavy atom. The van der Waals surface area contributed by atoms with Crippen LogP contribution in [0, 0.1) is 17.8 Å². The van der Waals surface area contributed by atoms with Crippen molar-refractivity contribution in [1.29, 1.82) is 0 Å². The first-order valence-corrected chi connectivity index (χ1v) is 9.14. The van der Waals surface area contributed by atoms with E-state index in [2.05, 4.69) is 10.3 Å². The van der Waals surface area contributed by atoms with Gasteiger partial charge in [0.1, 0.15) is 0 Å². The van der Waals surface area contributed by atoms with Crippen molar-refractivity contribution in [2.45, 2.75) is 37.9 Å². The summed E-state index contributed by atoms with van der Waals surface area (Å²) >= 11 is 0. The fraction of sp³-hybridized carbons (Fsp3) is 0.474. The summed E-state index contributed by atoms with van der Waals surface area (Å²) in [6.45, 7) is 0. The third-order valence-corrected chi connectivity index (χ3v) is 5.84. The molecule has 6 nitrogen and oxygen atoms in total. The highest BCUT2D eigenvalue weighted by atomic mass is 19.4. The molecule has 148 valence electrons. The summed E-state index contributed by atoms with van der Waals surface area (Å²) in [7, 11) is 0. The lowest BCUT2D eigenvalue weighted by Crippen LogP contribution is -2.62. The number of urea groups is 1. The zero-order valence-electron chi connectivity index (χ0n) is 14.8. The number of imide groups is 2. The number of nitrogens with one attached hydrogen (secondary N) is 1. The highest BCUT2D eigenvalue weighted by Gasteiger charge is 2.50. The highest BCUT2D eigenvalue weighted by Crippen LogP contribution is 2.47. The number of fused-ring (bicyclic) bond motifs is 2. The number of carbonyl (C=O) groups excluding carboxylic acids is 3. The van der Waals surface area contributed by atoms with E-state index in [-0.39, 0.29) is 17.6 Å². The Balaban J connectivity index is 1.59. The molecule has 0 spiro atoms. The molecule has 3 fully saturated rings.